The van der Waals surface area contributed by atoms with Gasteiger partial charge < -0.3 is 13.7 Å². The Morgan fingerprint density at radius 1 is 1.06 bits per heavy atom. The van der Waals surface area contributed by atoms with Crippen molar-refractivity contribution in [2.24, 2.45) is 10.2 Å². The van der Waals surface area contributed by atoms with Crippen LogP contribution in [-0.2, 0) is 6.54 Å². The number of aromatic nitrogens is 1. The smallest absolute Gasteiger partial charge is 0.345 e. The van der Waals surface area contributed by atoms with Gasteiger partial charge in [-0.25, -0.2) is 4.79 Å². The fourth-order valence-electron chi connectivity index (χ4n) is 3.65. The van der Waals surface area contributed by atoms with Crippen LogP contribution in [0, 0.1) is 0 Å². The molecule has 35 heavy (non-hydrogen) atoms. The van der Waals surface area contributed by atoms with Crippen molar-refractivity contribution in [2.45, 2.75) is 6.54 Å². The second kappa shape index (κ2) is 10.2. The van der Waals surface area contributed by atoms with Crippen LogP contribution in [-0.4, -0.2) is 17.9 Å². The first-order valence-electron chi connectivity index (χ1n) is 10.8. The highest BCUT2D eigenvalue weighted by molar-refractivity contribution is 9.10. The summed E-state index contributed by atoms with van der Waals surface area (Å²) in [6.07, 6.45) is 1.69. The van der Waals surface area contributed by atoms with Crippen LogP contribution in [0.4, 0.5) is 0 Å². The number of fused-ring (bicyclic) bond motifs is 1. The average molecular weight is 546 g/mol. The van der Waals surface area contributed by atoms with Gasteiger partial charge in [-0.05, 0) is 59.7 Å². The van der Waals surface area contributed by atoms with Crippen LogP contribution in [0.25, 0.3) is 22.2 Å². The molecule has 0 unspecified atom stereocenters. The van der Waals surface area contributed by atoms with Gasteiger partial charge in [0, 0.05) is 15.2 Å². The molecule has 0 amide bonds. The fraction of sp³-hybridized carbons (Fsp3) is 0.0741. The monoisotopic (exact) mass is 545 g/mol. The molecule has 0 aliphatic heterocycles. The highest BCUT2D eigenvalue weighted by Gasteiger charge is 2.15. The molecule has 6 nitrogen and oxygen atoms in total. The molecule has 2 heterocycles. The van der Waals surface area contributed by atoms with Crippen LogP contribution in [0.15, 0.2) is 108 Å². The van der Waals surface area contributed by atoms with Crippen LogP contribution in [0.3, 0.4) is 0 Å². The molecular formula is C27H20BrN3O3S. The van der Waals surface area contributed by atoms with Crippen molar-refractivity contribution in [2.75, 3.05) is 7.11 Å². The molecule has 0 saturated heterocycles. The van der Waals surface area contributed by atoms with Crippen molar-refractivity contribution in [1.29, 1.82) is 0 Å². The largest absolute Gasteiger partial charge is 0.497 e. The van der Waals surface area contributed by atoms with E-state index in [1.54, 1.807) is 19.4 Å². The molecular weight excluding hydrogens is 526 g/mol. The van der Waals surface area contributed by atoms with Gasteiger partial charge in [0.15, 0.2) is 0 Å². The van der Waals surface area contributed by atoms with Gasteiger partial charge in [-0.1, -0.05) is 46.3 Å². The second-order valence-corrected chi connectivity index (χ2v) is 9.47. The van der Waals surface area contributed by atoms with E-state index in [-0.39, 0.29) is 0 Å². The topological polar surface area (TPSA) is 69.1 Å². The summed E-state index contributed by atoms with van der Waals surface area (Å²) in [6.45, 7) is 0.534. The predicted octanol–water partition coefficient (Wildman–Crippen LogP) is 6.08. The molecule has 5 rings (SSSR count). The van der Waals surface area contributed by atoms with E-state index in [9.17, 15) is 4.79 Å². The minimum Gasteiger partial charge on any atom is -0.497 e. The molecule has 0 atom stereocenters. The maximum absolute atomic E-state index is 12.9. The van der Waals surface area contributed by atoms with Crippen LogP contribution in [0.1, 0.15) is 11.1 Å². The Bertz CT molecular complexity index is 1630. The molecule has 0 spiro atoms. The van der Waals surface area contributed by atoms with Crippen molar-refractivity contribution in [3.8, 4) is 17.0 Å². The van der Waals surface area contributed by atoms with Gasteiger partial charge in [0.25, 0.3) is 0 Å². The maximum atomic E-state index is 12.9. The lowest BCUT2D eigenvalue weighted by Crippen LogP contribution is -2.18. The van der Waals surface area contributed by atoms with E-state index in [0.29, 0.717) is 22.5 Å². The number of nitrogens with zero attached hydrogens (tertiary/aromatic N) is 3. The van der Waals surface area contributed by atoms with Crippen LogP contribution < -0.4 is 15.2 Å². The van der Waals surface area contributed by atoms with Crippen molar-refractivity contribution < 1.29 is 9.15 Å². The molecule has 8 heteroatoms. The summed E-state index contributed by atoms with van der Waals surface area (Å²) >= 11 is 4.91. The molecule has 0 aliphatic rings. The van der Waals surface area contributed by atoms with Crippen LogP contribution in [0.2, 0.25) is 0 Å². The summed E-state index contributed by atoms with van der Waals surface area (Å²) in [7, 11) is 1.63. The Hall–Kier alpha value is -3.75. The molecule has 0 saturated carbocycles. The average Bonchev–Trinajstić information content (AvgIpc) is 3.26. The van der Waals surface area contributed by atoms with E-state index in [0.717, 1.165) is 32.4 Å². The Kier molecular flexibility index (Phi) is 6.74. The maximum Gasteiger partial charge on any atom is 0.345 e. The lowest BCUT2D eigenvalue weighted by atomic mass is 10.1. The first kappa shape index (κ1) is 23.0. The standard InChI is InChI=1S/C27H20BrN3O3S/c1-33-22-10-7-18(8-11-22)15-29-30-27-31(16-19-5-3-2-4-6-19)24(17-35-27)23-14-20-13-21(28)9-12-25(20)34-26(23)32/h2-15,17H,16H2,1H3/b29-15+,30-27-. The molecule has 0 N–H and O–H groups in total. The summed E-state index contributed by atoms with van der Waals surface area (Å²) in [5.74, 6) is 0.781. The van der Waals surface area contributed by atoms with E-state index < -0.39 is 5.63 Å². The molecule has 0 fully saturated rings. The minimum absolute atomic E-state index is 0.396. The Morgan fingerprint density at radius 3 is 2.63 bits per heavy atom. The number of ether oxygens (including phenoxy) is 1. The van der Waals surface area contributed by atoms with Gasteiger partial charge in [0.2, 0.25) is 4.80 Å². The lowest BCUT2D eigenvalue weighted by molar-refractivity contribution is 0.415. The molecule has 174 valence electrons. The van der Waals surface area contributed by atoms with Gasteiger partial charge in [-0.15, -0.1) is 16.4 Å². The molecule has 2 aromatic heterocycles. The van der Waals surface area contributed by atoms with Crippen molar-refractivity contribution in [3.63, 3.8) is 0 Å². The number of hydrogen-bond donors (Lipinski definition) is 0. The number of benzene rings is 3. The highest BCUT2D eigenvalue weighted by Crippen LogP contribution is 2.25. The van der Waals surface area contributed by atoms with Gasteiger partial charge in [0.05, 0.1) is 31.1 Å². The van der Waals surface area contributed by atoms with E-state index >= 15 is 0 Å². The number of halogens is 1. The Morgan fingerprint density at radius 2 is 1.86 bits per heavy atom. The molecule has 0 radical (unpaired) electrons. The zero-order valence-corrected chi connectivity index (χ0v) is 21.1. The molecule has 0 bridgehead atoms. The lowest BCUT2D eigenvalue weighted by Gasteiger charge is -2.09. The van der Waals surface area contributed by atoms with Crippen molar-refractivity contribution >= 4 is 44.5 Å². The van der Waals surface area contributed by atoms with E-state index in [4.69, 9.17) is 9.15 Å². The minimum atomic E-state index is -0.396. The van der Waals surface area contributed by atoms with E-state index in [2.05, 4.69) is 26.1 Å². The third kappa shape index (κ3) is 5.18. The molecule has 0 aliphatic carbocycles. The number of methoxy groups -OCH3 is 1. The molecule has 3 aromatic carbocycles. The van der Waals surface area contributed by atoms with Crippen LogP contribution >= 0.6 is 27.3 Å². The summed E-state index contributed by atoms with van der Waals surface area (Å²) in [5, 5.41) is 11.5. The van der Waals surface area contributed by atoms with Gasteiger partial charge in [-0.3, -0.25) is 0 Å². The highest BCUT2D eigenvalue weighted by atomic mass is 79.9. The zero-order valence-electron chi connectivity index (χ0n) is 18.7. The number of thiazole rings is 1. The third-order valence-electron chi connectivity index (χ3n) is 5.42. The second-order valence-electron chi connectivity index (χ2n) is 7.72. The van der Waals surface area contributed by atoms with Gasteiger partial charge in [-0.2, -0.15) is 5.10 Å². The van der Waals surface area contributed by atoms with E-state index in [1.807, 2.05) is 82.7 Å². The number of hydrogen-bond acceptors (Lipinski definition) is 6. The van der Waals surface area contributed by atoms with Crippen LogP contribution in [0.5, 0.6) is 5.75 Å². The summed E-state index contributed by atoms with van der Waals surface area (Å²) < 4.78 is 13.7. The summed E-state index contributed by atoms with van der Waals surface area (Å²) in [4.78, 5) is 13.6. The first-order valence-corrected chi connectivity index (χ1v) is 12.4. The normalized spacial score (nSPS) is 12.0. The third-order valence-corrected chi connectivity index (χ3v) is 6.76. The summed E-state index contributed by atoms with van der Waals surface area (Å²) in [5.41, 5.74) is 3.34. The fourth-order valence-corrected chi connectivity index (χ4v) is 4.89. The van der Waals surface area contributed by atoms with E-state index in [1.165, 1.54) is 11.3 Å². The van der Waals surface area contributed by atoms with Gasteiger partial charge in [0.1, 0.15) is 11.3 Å². The Labute approximate surface area is 213 Å². The van der Waals surface area contributed by atoms with Crippen molar-refractivity contribution in [1.82, 2.24) is 4.57 Å². The number of rotatable bonds is 6. The predicted molar refractivity (Wildman–Crippen MR) is 143 cm³/mol. The quantitative estimate of drug-likeness (QED) is 0.147. The zero-order chi connectivity index (χ0) is 24.2. The first-order chi connectivity index (χ1) is 17.1. The SMILES string of the molecule is COc1ccc(/C=N/N=c2\scc(-c3cc4cc(Br)ccc4oc3=O)n2Cc2ccccc2)cc1. The van der Waals surface area contributed by atoms with Crippen molar-refractivity contribution in [3.05, 3.63) is 115 Å². The summed E-state index contributed by atoms with van der Waals surface area (Å²) in [6, 6.07) is 25.0. The molecule has 5 aromatic rings. The Balaban J connectivity index is 1.60. The van der Waals surface area contributed by atoms with Gasteiger partial charge >= 0.3 is 5.63 Å².